The van der Waals surface area contributed by atoms with Crippen molar-refractivity contribution in [1.29, 1.82) is 0 Å². The van der Waals surface area contributed by atoms with Crippen LogP contribution in [0.1, 0.15) is 42.6 Å². The normalized spacial score (nSPS) is 19.0. The number of carbonyl (C=O) groups excluding carboxylic acids is 1. The molecule has 1 aromatic rings. The number of carbonyl (C=O) groups is 1. The van der Waals surface area contributed by atoms with E-state index in [0.717, 1.165) is 0 Å². The van der Waals surface area contributed by atoms with Crippen LogP contribution in [0, 0.1) is 5.92 Å². The first-order valence-electron chi connectivity index (χ1n) is 8.47. The highest BCUT2D eigenvalue weighted by molar-refractivity contribution is 6.31. The molecule has 1 fully saturated rings. The number of likely N-dealkylation sites (tertiary alicyclic amines) is 1. The largest absolute Gasteiger partial charge is 0.348 e. The van der Waals surface area contributed by atoms with Crippen molar-refractivity contribution in [2.45, 2.75) is 45.3 Å². The van der Waals surface area contributed by atoms with E-state index < -0.39 is 12.6 Å². The summed E-state index contributed by atoms with van der Waals surface area (Å²) in [5.74, 6) is -2.92. The van der Waals surface area contributed by atoms with E-state index in [-0.39, 0.29) is 35.9 Å². The van der Waals surface area contributed by atoms with E-state index >= 15 is 0 Å². The summed E-state index contributed by atoms with van der Waals surface area (Å²) in [4.78, 5) is 14.2. The molecule has 1 N–H and O–H groups in total. The van der Waals surface area contributed by atoms with Gasteiger partial charge in [-0.15, -0.1) is 0 Å². The predicted octanol–water partition coefficient (Wildman–Crippen LogP) is 4.30. The molecule has 0 saturated carbocycles. The van der Waals surface area contributed by atoms with Gasteiger partial charge in [0.2, 0.25) is 0 Å². The van der Waals surface area contributed by atoms with E-state index in [9.17, 15) is 18.0 Å². The second-order valence-electron chi connectivity index (χ2n) is 6.96. The van der Waals surface area contributed by atoms with Gasteiger partial charge >= 0.3 is 0 Å². The molecular formula is C18H24ClF3N2O. The second-order valence-corrected chi connectivity index (χ2v) is 7.37. The number of hydrogen-bond acceptors (Lipinski definition) is 2. The van der Waals surface area contributed by atoms with E-state index in [2.05, 4.69) is 5.32 Å². The number of alkyl halides is 3. The zero-order chi connectivity index (χ0) is 18.6. The molecule has 0 bridgehead atoms. The molecule has 0 radical (unpaired) electrons. The minimum atomic E-state index is -2.67. The van der Waals surface area contributed by atoms with Crippen molar-refractivity contribution >= 4 is 17.5 Å². The summed E-state index contributed by atoms with van der Waals surface area (Å²) < 4.78 is 39.9. The quantitative estimate of drug-likeness (QED) is 0.803. The van der Waals surface area contributed by atoms with Gasteiger partial charge in [-0.2, -0.15) is 0 Å². The smallest absolute Gasteiger partial charge is 0.260 e. The van der Waals surface area contributed by atoms with E-state index in [4.69, 9.17) is 11.6 Å². The van der Waals surface area contributed by atoms with Crippen molar-refractivity contribution < 1.29 is 18.0 Å². The van der Waals surface area contributed by atoms with Crippen LogP contribution in [0.5, 0.6) is 0 Å². The Morgan fingerprint density at radius 2 is 2.12 bits per heavy atom. The maximum absolute atomic E-state index is 13.6. The van der Waals surface area contributed by atoms with Gasteiger partial charge in [0.25, 0.3) is 11.8 Å². The molecule has 1 heterocycles. The van der Waals surface area contributed by atoms with Gasteiger partial charge in [-0.3, -0.25) is 9.69 Å². The standard InChI is InChI=1S/C18H24ClF3N2O/c1-12(2)16(10-24-7-3-6-18(21,22)11-24)23-17(25)13-4-5-14(9-20)15(19)8-13/h4-5,8,12,16H,3,6-7,9-11H2,1-2H3,(H,23,25). The minimum Gasteiger partial charge on any atom is -0.348 e. The first-order valence-corrected chi connectivity index (χ1v) is 8.85. The molecule has 1 unspecified atom stereocenters. The van der Waals surface area contributed by atoms with Crippen LogP contribution in [0.3, 0.4) is 0 Å². The number of nitrogens with one attached hydrogen (secondary N) is 1. The van der Waals surface area contributed by atoms with E-state index in [0.29, 0.717) is 30.6 Å². The predicted molar refractivity (Wildman–Crippen MR) is 93.0 cm³/mol. The number of rotatable bonds is 6. The molecule has 1 saturated heterocycles. The van der Waals surface area contributed by atoms with Gasteiger partial charge in [0.05, 0.1) is 6.54 Å². The lowest BCUT2D eigenvalue weighted by atomic mass is 10.0. The first-order chi connectivity index (χ1) is 11.7. The fraction of sp³-hybridized carbons (Fsp3) is 0.611. The van der Waals surface area contributed by atoms with Gasteiger partial charge in [0.1, 0.15) is 6.67 Å². The van der Waals surface area contributed by atoms with Crippen LogP contribution in [0.15, 0.2) is 18.2 Å². The number of nitrogens with zero attached hydrogens (tertiary/aromatic N) is 1. The van der Waals surface area contributed by atoms with Crippen molar-refractivity contribution in [2.75, 3.05) is 19.6 Å². The maximum Gasteiger partial charge on any atom is 0.260 e. The Kier molecular flexibility index (Phi) is 6.74. The fourth-order valence-corrected chi connectivity index (χ4v) is 3.18. The van der Waals surface area contributed by atoms with Crippen LogP contribution in [0.4, 0.5) is 13.2 Å². The summed E-state index contributed by atoms with van der Waals surface area (Å²) in [5, 5.41) is 3.10. The summed E-state index contributed by atoms with van der Waals surface area (Å²) in [7, 11) is 0. The summed E-state index contributed by atoms with van der Waals surface area (Å²) in [6.07, 6.45) is 0.369. The number of halogens is 4. The Morgan fingerprint density at radius 1 is 1.40 bits per heavy atom. The summed E-state index contributed by atoms with van der Waals surface area (Å²) in [5.41, 5.74) is 0.658. The highest BCUT2D eigenvalue weighted by atomic mass is 35.5. The third kappa shape index (κ3) is 5.61. The van der Waals surface area contributed by atoms with E-state index in [1.165, 1.54) is 18.2 Å². The van der Waals surface area contributed by atoms with Crippen LogP contribution in [0.25, 0.3) is 0 Å². The Bertz CT molecular complexity index is 610. The van der Waals surface area contributed by atoms with Gasteiger partial charge in [-0.1, -0.05) is 31.5 Å². The lowest BCUT2D eigenvalue weighted by Gasteiger charge is -2.36. The molecule has 1 aliphatic heterocycles. The van der Waals surface area contributed by atoms with Gasteiger partial charge < -0.3 is 5.32 Å². The molecule has 1 amide bonds. The number of hydrogen-bond donors (Lipinski definition) is 1. The average Bonchev–Trinajstić information content (AvgIpc) is 2.53. The Morgan fingerprint density at radius 3 is 2.68 bits per heavy atom. The van der Waals surface area contributed by atoms with Crippen molar-refractivity contribution in [1.82, 2.24) is 10.2 Å². The van der Waals surface area contributed by atoms with Crippen molar-refractivity contribution in [3.05, 3.63) is 34.3 Å². The van der Waals surface area contributed by atoms with Crippen molar-refractivity contribution in [3.8, 4) is 0 Å². The topological polar surface area (TPSA) is 32.3 Å². The van der Waals surface area contributed by atoms with Crippen molar-refractivity contribution in [3.63, 3.8) is 0 Å². The number of benzene rings is 1. The molecule has 0 aromatic heterocycles. The average molecular weight is 377 g/mol. The third-order valence-corrected chi connectivity index (χ3v) is 4.86. The van der Waals surface area contributed by atoms with Crippen LogP contribution >= 0.6 is 11.6 Å². The molecule has 2 rings (SSSR count). The molecule has 0 spiro atoms. The van der Waals surface area contributed by atoms with Crippen molar-refractivity contribution in [2.24, 2.45) is 5.92 Å². The van der Waals surface area contributed by atoms with E-state index in [1.807, 2.05) is 13.8 Å². The van der Waals surface area contributed by atoms with Crippen LogP contribution < -0.4 is 5.32 Å². The van der Waals surface area contributed by atoms with Crippen LogP contribution in [-0.4, -0.2) is 42.4 Å². The fourth-order valence-electron chi connectivity index (χ4n) is 2.95. The third-order valence-electron chi connectivity index (χ3n) is 4.51. The lowest BCUT2D eigenvalue weighted by molar-refractivity contribution is -0.0662. The monoisotopic (exact) mass is 376 g/mol. The molecule has 25 heavy (non-hydrogen) atoms. The Hall–Kier alpha value is -1.27. The molecular weight excluding hydrogens is 353 g/mol. The SMILES string of the molecule is CC(C)C(CN1CCCC(F)(F)C1)NC(=O)c1ccc(CF)c(Cl)c1. The second kappa shape index (κ2) is 8.41. The summed E-state index contributed by atoms with van der Waals surface area (Å²) in [6, 6.07) is 4.16. The Labute approximate surface area is 151 Å². The van der Waals surface area contributed by atoms with Gasteiger partial charge in [0, 0.05) is 35.2 Å². The number of amides is 1. The first kappa shape index (κ1) is 20.0. The maximum atomic E-state index is 13.6. The molecule has 1 aromatic carbocycles. The zero-order valence-corrected chi connectivity index (χ0v) is 15.3. The molecule has 3 nitrogen and oxygen atoms in total. The molecule has 7 heteroatoms. The molecule has 1 atom stereocenters. The van der Waals surface area contributed by atoms with Gasteiger partial charge in [0.15, 0.2) is 0 Å². The summed E-state index contributed by atoms with van der Waals surface area (Å²) in [6.45, 7) is 3.88. The minimum absolute atomic E-state index is 0.0817. The van der Waals surface area contributed by atoms with Crippen LogP contribution in [0.2, 0.25) is 5.02 Å². The molecule has 1 aliphatic rings. The lowest BCUT2D eigenvalue weighted by Crippen LogP contribution is -2.51. The molecule has 0 aliphatic carbocycles. The molecule has 140 valence electrons. The van der Waals surface area contributed by atoms with E-state index in [1.54, 1.807) is 4.90 Å². The zero-order valence-electron chi connectivity index (χ0n) is 14.5. The summed E-state index contributed by atoms with van der Waals surface area (Å²) >= 11 is 5.95. The van der Waals surface area contributed by atoms with Gasteiger partial charge in [-0.05, 0) is 31.0 Å². The van der Waals surface area contributed by atoms with Gasteiger partial charge in [-0.25, -0.2) is 13.2 Å². The highest BCUT2D eigenvalue weighted by Crippen LogP contribution is 2.27. The van der Waals surface area contributed by atoms with Crippen LogP contribution in [-0.2, 0) is 6.67 Å². The number of piperidine rings is 1. The Balaban J connectivity index is 2.03. The highest BCUT2D eigenvalue weighted by Gasteiger charge is 2.36.